The standard InChI is InChI=1S/C24H27N3O/c1-20-8-5-6-11-22(20)19-25-14-16-26(17-15-25)24(28)23-12-7-13-27(23)18-21-9-3-2-4-10-21/h2-13H,14-19H2,1H3. The van der Waals surface area contributed by atoms with Crippen molar-refractivity contribution in [3.63, 3.8) is 0 Å². The Labute approximate surface area is 167 Å². The molecule has 0 N–H and O–H groups in total. The highest BCUT2D eigenvalue weighted by Gasteiger charge is 2.24. The molecule has 4 heteroatoms. The average Bonchev–Trinajstić information content (AvgIpc) is 3.18. The molecule has 0 aliphatic carbocycles. The van der Waals surface area contributed by atoms with Gasteiger partial charge in [-0.15, -0.1) is 0 Å². The van der Waals surface area contributed by atoms with E-state index in [1.54, 1.807) is 0 Å². The van der Waals surface area contributed by atoms with Crippen LogP contribution in [0.5, 0.6) is 0 Å². The maximum atomic E-state index is 13.1. The van der Waals surface area contributed by atoms with Crippen molar-refractivity contribution in [1.29, 1.82) is 0 Å². The van der Waals surface area contributed by atoms with Crippen molar-refractivity contribution in [1.82, 2.24) is 14.4 Å². The first-order valence-electron chi connectivity index (χ1n) is 9.96. The summed E-state index contributed by atoms with van der Waals surface area (Å²) in [6.07, 6.45) is 1.99. The number of aryl methyl sites for hydroxylation is 1. The Kier molecular flexibility index (Phi) is 5.58. The largest absolute Gasteiger partial charge is 0.339 e. The van der Waals surface area contributed by atoms with Gasteiger partial charge in [0, 0.05) is 45.5 Å². The highest BCUT2D eigenvalue weighted by Crippen LogP contribution is 2.15. The number of carbonyl (C=O) groups is 1. The number of piperazine rings is 1. The van der Waals surface area contributed by atoms with Crippen LogP contribution in [0.15, 0.2) is 72.9 Å². The zero-order valence-electron chi connectivity index (χ0n) is 16.4. The molecule has 1 fully saturated rings. The number of amides is 1. The fraction of sp³-hybridized carbons (Fsp3) is 0.292. The molecule has 1 aromatic heterocycles. The van der Waals surface area contributed by atoms with E-state index in [9.17, 15) is 4.79 Å². The molecule has 0 unspecified atom stereocenters. The summed E-state index contributed by atoms with van der Waals surface area (Å²) in [6.45, 7) is 7.23. The van der Waals surface area contributed by atoms with Gasteiger partial charge in [-0.05, 0) is 35.7 Å². The quantitative estimate of drug-likeness (QED) is 0.680. The lowest BCUT2D eigenvalue weighted by molar-refractivity contribution is 0.0618. The van der Waals surface area contributed by atoms with Gasteiger partial charge in [0.1, 0.15) is 5.69 Å². The number of benzene rings is 2. The minimum Gasteiger partial charge on any atom is -0.339 e. The van der Waals surface area contributed by atoms with Gasteiger partial charge in [-0.2, -0.15) is 0 Å². The van der Waals surface area contributed by atoms with Crippen LogP contribution in [0.1, 0.15) is 27.2 Å². The Morgan fingerprint density at radius 1 is 0.821 bits per heavy atom. The summed E-state index contributed by atoms with van der Waals surface area (Å²) in [5.41, 5.74) is 4.69. The molecule has 0 saturated carbocycles. The summed E-state index contributed by atoms with van der Waals surface area (Å²) in [7, 11) is 0. The van der Waals surface area contributed by atoms with Gasteiger partial charge in [0.25, 0.3) is 5.91 Å². The van der Waals surface area contributed by atoms with Crippen LogP contribution in [0.25, 0.3) is 0 Å². The summed E-state index contributed by atoms with van der Waals surface area (Å²) < 4.78 is 2.05. The van der Waals surface area contributed by atoms with Gasteiger partial charge in [0.2, 0.25) is 0 Å². The lowest BCUT2D eigenvalue weighted by atomic mass is 10.1. The Morgan fingerprint density at radius 3 is 2.29 bits per heavy atom. The van der Waals surface area contributed by atoms with Gasteiger partial charge < -0.3 is 9.47 Å². The van der Waals surface area contributed by atoms with Crippen molar-refractivity contribution in [2.45, 2.75) is 20.0 Å². The molecule has 144 valence electrons. The van der Waals surface area contributed by atoms with Gasteiger partial charge in [-0.3, -0.25) is 9.69 Å². The van der Waals surface area contributed by atoms with Gasteiger partial charge in [0.05, 0.1) is 0 Å². The van der Waals surface area contributed by atoms with Crippen LogP contribution in [0.4, 0.5) is 0 Å². The Morgan fingerprint density at radius 2 is 1.54 bits per heavy atom. The number of rotatable bonds is 5. The van der Waals surface area contributed by atoms with E-state index in [0.717, 1.165) is 45.0 Å². The zero-order valence-corrected chi connectivity index (χ0v) is 16.4. The second-order valence-corrected chi connectivity index (χ2v) is 7.50. The van der Waals surface area contributed by atoms with Crippen molar-refractivity contribution >= 4 is 5.91 Å². The molecule has 1 saturated heterocycles. The topological polar surface area (TPSA) is 28.5 Å². The van der Waals surface area contributed by atoms with Crippen LogP contribution in [0.2, 0.25) is 0 Å². The predicted octanol–water partition coefficient (Wildman–Crippen LogP) is 3.80. The van der Waals surface area contributed by atoms with Crippen LogP contribution < -0.4 is 0 Å². The van der Waals surface area contributed by atoms with Crippen molar-refractivity contribution in [3.05, 3.63) is 95.3 Å². The smallest absolute Gasteiger partial charge is 0.270 e. The monoisotopic (exact) mass is 373 g/mol. The van der Waals surface area contributed by atoms with Gasteiger partial charge in [0.15, 0.2) is 0 Å². The molecule has 2 aromatic carbocycles. The molecule has 2 heterocycles. The summed E-state index contributed by atoms with van der Waals surface area (Å²) in [5.74, 6) is 0.136. The number of aromatic nitrogens is 1. The predicted molar refractivity (Wildman–Crippen MR) is 112 cm³/mol. The molecule has 1 amide bonds. The summed E-state index contributed by atoms with van der Waals surface area (Å²) >= 11 is 0. The van der Waals surface area contributed by atoms with Gasteiger partial charge >= 0.3 is 0 Å². The maximum Gasteiger partial charge on any atom is 0.270 e. The molecule has 0 radical (unpaired) electrons. The third-order valence-electron chi connectivity index (χ3n) is 5.56. The molecule has 1 aliphatic heterocycles. The fourth-order valence-corrected chi connectivity index (χ4v) is 3.83. The second kappa shape index (κ2) is 8.44. The van der Waals surface area contributed by atoms with Crippen LogP contribution in [0.3, 0.4) is 0 Å². The van der Waals surface area contributed by atoms with E-state index < -0.39 is 0 Å². The molecule has 1 aliphatic rings. The molecule has 0 spiro atoms. The molecule has 4 rings (SSSR count). The first-order chi connectivity index (χ1) is 13.7. The second-order valence-electron chi connectivity index (χ2n) is 7.50. The number of carbonyl (C=O) groups excluding carboxylic acids is 1. The minimum absolute atomic E-state index is 0.136. The van der Waals surface area contributed by atoms with E-state index in [2.05, 4.69) is 52.8 Å². The molecule has 3 aromatic rings. The zero-order chi connectivity index (χ0) is 19.3. The van der Waals surface area contributed by atoms with Crippen LogP contribution in [-0.2, 0) is 13.1 Å². The van der Waals surface area contributed by atoms with Crippen molar-refractivity contribution in [2.75, 3.05) is 26.2 Å². The van der Waals surface area contributed by atoms with Crippen LogP contribution in [-0.4, -0.2) is 46.5 Å². The molecule has 28 heavy (non-hydrogen) atoms. The van der Waals surface area contributed by atoms with E-state index in [-0.39, 0.29) is 5.91 Å². The number of hydrogen-bond donors (Lipinski definition) is 0. The first-order valence-corrected chi connectivity index (χ1v) is 9.96. The third-order valence-corrected chi connectivity index (χ3v) is 5.56. The average molecular weight is 374 g/mol. The minimum atomic E-state index is 0.136. The van der Waals surface area contributed by atoms with Gasteiger partial charge in [-0.25, -0.2) is 0 Å². The Hall–Kier alpha value is -2.85. The molecular formula is C24H27N3O. The fourth-order valence-electron chi connectivity index (χ4n) is 3.83. The lowest BCUT2D eigenvalue weighted by Gasteiger charge is -2.35. The van der Waals surface area contributed by atoms with Crippen LogP contribution >= 0.6 is 0 Å². The van der Waals surface area contributed by atoms with Gasteiger partial charge in [-0.1, -0.05) is 54.6 Å². The molecular weight excluding hydrogens is 346 g/mol. The van der Waals surface area contributed by atoms with E-state index >= 15 is 0 Å². The normalized spacial score (nSPS) is 15.0. The summed E-state index contributed by atoms with van der Waals surface area (Å²) in [4.78, 5) is 17.5. The first kappa shape index (κ1) is 18.5. The van der Waals surface area contributed by atoms with Crippen molar-refractivity contribution in [2.24, 2.45) is 0 Å². The van der Waals surface area contributed by atoms with E-state index in [1.807, 2.05) is 41.4 Å². The van der Waals surface area contributed by atoms with Crippen LogP contribution in [0, 0.1) is 6.92 Å². The third kappa shape index (κ3) is 4.18. The van der Waals surface area contributed by atoms with E-state index in [0.29, 0.717) is 0 Å². The summed E-state index contributed by atoms with van der Waals surface area (Å²) in [5, 5.41) is 0. The lowest BCUT2D eigenvalue weighted by Crippen LogP contribution is -2.48. The highest BCUT2D eigenvalue weighted by molar-refractivity contribution is 5.92. The number of hydrogen-bond acceptors (Lipinski definition) is 2. The molecule has 0 bridgehead atoms. The maximum absolute atomic E-state index is 13.1. The Bertz CT molecular complexity index is 924. The molecule has 0 atom stereocenters. The summed E-state index contributed by atoms with van der Waals surface area (Å²) in [6, 6.07) is 22.7. The van der Waals surface area contributed by atoms with Crippen molar-refractivity contribution < 1.29 is 4.79 Å². The van der Waals surface area contributed by atoms with E-state index in [1.165, 1.54) is 16.7 Å². The Balaban J connectivity index is 1.37. The van der Waals surface area contributed by atoms with Crippen molar-refractivity contribution in [3.8, 4) is 0 Å². The molecule has 4 nitrogen and oxygen atoms in total. The highest BCUT2D eigenvalue weighted by atomic mass is 16.2. The number of nitrogens with zero attached hydrogens (tertiary/aromatic N) is 3. The van der Waals surface area contributed by atoms with E-state index in [4.69, 9.17) is 0 Å². The SMILES string of the molecule is Cc1ccccc1CN1CCN(C(=O)c2cccn2Cc2ccccc2)CC1.